The van der Waals surface area contributed by atoms with Gasteiger partial charge in [-0.3, -0.25) is 0 Å². The van der Waals surface area contributed by atoms with E-state index in [0.29, 0.717) is 11.5 Å². The number of rotatable bonds is 3. The molecule has 2 aromatic rings. The normalized spacial score (nSPS) is 11.6. The van der Waals surface area contributed by atoms with Crippen molar-refractivity contribution in [2.75, 3.05) is 0 Å². The average Bonchev–Trinajstić information content (AvgIpc) is 2.88. The first-order valence-corrected chi connectivity index (χ1v) is 5.38. The number of nitrogens with zero attached hydrogens (tertiary/aromatic N) is 5. The number of tetrazole rings is 1. The van der Waals surface area contributed by atoms with Crippen molar-refractivity contribution in [3.63, 3.8) is 0 Å². The first-order chi connectivity index (χ1) is 7.53. The zero-order valence-corrected chi connectivity index (χ0v) is 9.47. The molecule has 1 N–H and O–H groups in total. The van der Waals surface area contributed by atoms with Crippen LogP contribution in [0.2, 0.25) is 0 Å². The Hall–Kier alpha value is -1.83. The van der Waals surface area contributed by atoms with Gasteiger partial charge in [-0.1, -0.05) is 0 Å². The minimum atomic E-state index is -1.21. The highest BCUT2D eigenvalue weighted by Gasteiger charge is 2.34. The molecule has 0 aliphatic rings. The third kappa shape index (κ3) is 1.56. The van der Waals surface area contributed by atoms with Crippen LogP contribution in [0.15, 0.2) is 10.9 Å². The van der Waals surface area contributed by atoms with E-state index in [4.69, 9.17) is 5.11 Å². The van der Waals surface area contributed by atoms with Crippen LogP contribution in [-0.2, 0) is 10.3 Å². The van der Waals surface area contributed by atoms with Crippen molar-refractivity contribution in [3.05, 3.63) is 10.9 Å². The van der Waals surface area contributed by atoms with Crippen LogP contribution in [0.5, 0.6) is 0 Å². The van der Waals surface area contributed by atoms with E-state index in [-0.39, 0.29) is 0 Å². The standard InChI is InChI=1S/C8H9N5O2S/c1-8(2,7(14)15)13-6(10-11-12-13)5-3-16-4-9-5/h3-4H,1-2H3,(H,14,15). The van der Waals surface area contributed by atoms with Gasteiger partial charge >= 0.3 is 5.97 Å². The van der Waals surface area contributed by atoms with Gasteiger partial charge in [-0.2, -0.15) is 0 Å². The second kappa shape index (κ2) is 3.63. The Morgan fingerprint density at radius 1 is 1.56 bits per heavy atom. The Bertz CT molecular complexity index is 504. The van der Waals surface area contributed by atoms with E-state index in [9.17, 15) is 4.79 Å². The lowest BCUT2D eigenvalue weighted by atomic mass is 10.1. The number of aromatic nitrogens is 5. The van der Waals surface area contributed by atoms with Gasteiger partial charge in [0, 0.05) is 5.38 Å². The fourth-order valence-corrected chi connectivity index (χ4v) is 1.67. The third-order valence-electron chi connectivity index (χ3n) is 2.18. The van der Waals surface area contributed by atoms with E-state index in [1.54, 1.807) is 10.9 Å². The van der Waals surface area contributed by atoms with Crippen LogP contribution in [0, 0.1) is 0 Å². The molecule has 0 aliphatic heterocycles. The Morgan fingerprint density at radius 2 is 2.31 bits per heavy atom. The maximum absolute atomic E-state index is 11.1. The summed E-state index contributed by atoms with van der Waals surface area (Å²) in [7, 11) is 0. The Kier molecular flexibility index (Phi) is 2.43. The van der Waals surface area contributed by atoms with Crippen LogP contribution in [0.1, 0.15) is 13.8 Å². The topological polar surface area (TPSA) is 93.8 Å². The molecular weight excluding hydrogens is 230 g/mol. The summed E-state index contributed by atoms with van der Waals surface area (Å²) in [5.41, 5.74) is 1.01. The van der Waals surface area contributed by atoms with Gasteiger partial charge in [0.25, 0.3) is 0 Å². The predicted octanol–water partition coefficient (Wildman–Crippen LogP) is 0.616. The van der Waals surface area contributed by atoms with Crippen molar-refractivity contribution in [3.8, 4) is 11.5 Å². The highest BCUT2D eigenvalue weighted by Crippen LogP contribution is 2.22. The molecule has 0 atom stereocenters. The average molecular weight is 239 g/mol. The second-order valence-corrected chi connectivity index (χ2v) is 4.37. The first kappa shape index (κ1) is 10.7. The second-order valence-electron chi connectivity index (χ2n) is 3.65. The smallest absolute Gasteiger partial charge is 0.331 e. The molecular formula is C8H9N5O2S. The molecule has 16 heavy (non-hydrogen) atoms. The van der Waals surface area contributed by atoms with Gasteiger partial charge in [-0.05, 0) is 24.3 Å². The molecule has 0 spiro atoms. The van der Waals surface area contributed by atoms with Gasteiger partial charge < -0.3 is 5.11 Å². The van der Waals surface area contributed by atoms with Gasteiger partial charge in [0.15, 0.2) is 5.54 Å². The number of carbonyl (C=O) groups is 1. The van der Waals surface area contributed by atoms with Gasteiger partial charge in [-0.25, -0.2) is 14.5 Å². The molecule has 0 saturated heterocycles. The van der Waals surface area contributed by atoms with Gasteiger partial charge in [0.05, 0.1) is 5.51 Å². The fraction of sp³-hybridized carbons (Fsp3) is 0.375. The molecule has 0 aliphatic carbocycles. The van der Waals surface area contributed by atoms with E-state index in [0.717, 1.165) is 0 Å². The minimum absolute atomic E-state index is 0.355. The number of aliphatic carboxylic acids is 1. The Balaban J connectivity index is 2.52. The molecule has 0 amide bonds. The Labute approximate surface area is 94.7 Å². The van der Waals surface area contributed by atoms with Crippen LogP contribution >= 0.6 is 11.3 Å². The highest BCUT2D eigenvalue weighted by atomic mass is 32.1. The van der Waals surface area contributed by atoms with Gasteiger partial charge in [-0.15, -0.1) is 16.4 Å². The van der Waals surface area contributed by atoms with Crippen LogP contribution in [0.3, 0.4) is 0 Å². The van der Waals surface area contributed by atoms with Crippen LogP contribution < -0.4 is 0 Å². The summed E-state index contributed by atoms with van der Waals surface area (Å²) in [4.78, 5) is 15.2. The summed E-state index contributed by atoms with van der Waals surface area (Å²) in [5, 5.41) is 21.9. The quantitative estimate of drug-likeness (QED) is 0.843. The lowest BCUT2D eigenvalue weighted by Gasteiger charge is -2.19. The maximum Gasteiger partial charge on any atom is 0.331 e. The molecule has 7 nitrogen and oxygen atoms in total. The van der Waals surface area contributed by atoms with Crippen molar-refractivity contribution in [1.29, 1.82) is 0 Å². The molecule has 2 heterocycles. The SMILES string of the molecule is CC(C)(C(=O)O)n1nnnc1-c1cscn1. The highest BCUT2D eigenvalue weighted by molar-refractivity contribution is 7.07. The molecule has 84 valence electrons. The van der Waals surface area contributed by atoms with E-state index < -0.39 is 11.5 Å². The van der Waals surface area contributed by atoms with Crippen molar-refractivity contribution in [1.82, 2.24) is 25.2 Å². The van der Waals surface area contributed by atoms with Gasteiger partial charge in [0.2, 0.25) is 5.82 Å². The van der Waals surface area contributed by atoms with Crippen molar-refractivity contribution >= 4 is 17.3 Å². The number of carboxylic acids is 1. The monoisotopic (exact) mass is 239 g/mol. The van der Waals surface area contributed by atoms with Crippen LogP contribution in [0.25, 0.3) is 11.5 Å². The maximum atomic E-state index is 11.1. The van der Waals surface area contributed by atoms with Crippen LogP contribution in [0.4, 0.5) is 0 Å². The van der Waals surface area contributed by atoms with E-state index in [1.165, 1.54) is 29.9 Å². The lowest BCUT2D eigenvalue weighted by Crippen LogP contribution is -2.37. The van der Waals surface area contributed by atoms with E-state index >= 15 is 0 Å². The van der Waals surface area contributed by atoms with E-state index in [1.807, 2.05) is 0 Å². The van der Waals surface area contributed by atoms with Crippen molar-refractivity contribution in [2.45, 2.75) is 19.4 Å². The molecule has 2 aromatic heterocycles. The fourth-order valence-electron chi connectivity index (χ4n) is 1.14. The summed E-state index contributed by atoms with van der Waals surface area (Å²) in [5.74, 6) is -0.648. The lowest BCUT2D eigenvalue weighted by molar-refractivity contribution is -0.146. The number of carboxylic acid groups (broad SMARTS) is 1. The summed E-state index contributed by atoms with van der Waals surface area (Å²) >= 11 is 1.40. The summed E-state index contributed by atoms with van der Waals surface area (Å²) in [6.45, 7) is 3.06. The molecule has 2 rings (SSSR count). The van der Waals surface area contributed by atoms with E-state index in [2.05, 4.69) is 20.5 Å². The summed E-state index contributed by atoms with van der Waals surface area (Å²) < 4.78 is 1.25. The molecule has 0 aromatic carbocycles. The third-order valence-corrected chi connectivity index (χ3v) is 2.77. The molecule has 0 unspecified atom stereocenters. The van der Waals surface area contributed by atoms with Gasteiger partial charge in [0.1, 0.15) is 5.69 Å². The molecule has 8 heteroatoms. The molecule has 0 radical (unpaired) electrons. The molecule has 0 saturated carbocycles. The molecule has 0 bridgehead atoms. The summed E-state index contributed by atoms with van der Waals surface area (Å²) in [6.07, 6.45) is 0. The summed E-state index contributed by atoms with van der Waals surface area (Å²) in [6, 6.07) is 0. The molecule has 0 fully saturated rings. The largest absolute Gasteiger partial charge is 0.479 e. The number of hydrogen-bond donors (Lipinski definition) is 1. The Morgan fingerprint density at radius 3 is 2.88 bits per heavy atom. The number of hydrogen-bond acceptors (Lipinski definition) is 6. The minimum Gasteiger partial charge on any atom is -0.479 e. The van der Waals surface area contributed by atoms with Crippen molar-refractivity contribution in [2.24, 2.45) is 0 Å². The predicted molar refractivity (Wildman–Crippen MR) is 55.9 cm³/mol. The van der Waals surface area contributed by atoms with Crippen LogP contribution in [-0.4, -0.2) is 36.3 Å². The first-order valence-electron chi connectivity index (χ1n) is 4.44. The van der Waals surface area contributed by atoms with Crippen molar-refractivity contribution < 1.29 is 9.90 Å². The zero-order valence-electron chi connectivity index (χ0n) is 8.65. The zero-order chi connectivity index (χ0) is 11.8. The number of thiazole rings is 1.